The number of hydrogen-bond acceptors (Lipinski definition) is 3. The van der Waals surface area contributed by atoms with Gasteiger partial charge >= 0.3 is 0 Å². The summed E-state index contributed by atoms with van der Waals surface area (Å²) in [6, 6.07) is 4.56. The summed E-state index contributed by atoms with van der Waals surface area (Å²) in [7, 11) is 0. The maximum atomic E-state index is 12.3. The fraction of sp³-hybridized carbons (Fsp3) is 0.647. The monoisotopic (exact) mass is 287 g/mol. The SMILES string of the molecule is O=C(NCCc1cccnc1)C1CCC2CCCCC2N1. The van der Waals surface area contributed by atoms with E-state index < -0.39 is 0 Å². The molecule has 1 saturated carbocycles. The van der Waals surface area contributed by atoms with Gasteiger partial charge in [-0.05, 0) is 49.7 Å². The maximum absolute atomic E-state index is 12.3. The van der Waals surface area contributed by atoms with Gasteiger partial charge in [-0.15, -0.1) is 0 Å². The van der Waals surface area contributed by atoms with Crippen LogP contribution in [0.15, 0.2) is 24.5 Å². The Kier molecular flexibility index (Phi) is 4.86. The van der Waals surface area contributed by atoms with Crippen LogP contribution in [0.4, 0.5) is 0 Å². The third kappa shape index (κ3) is 3.82. The van der Waals surface area contributed by atoms with Crippen LogP contribution >= 0.6 is 0 Å². The molecule has 1 amide bonds. The van der Waals surface area contributed by atoms with Gasteiger partial charge in [-0.2, -0.15) is 0 Å². The smallest absolute Gasteiger partial charge is 0.237 e. The van der Waals surface area contributed by atoms with Crippen molar-refractivity contribution in [2.45, 2.75) is 57.0 Å². The third-order valence-corrected chi connectivity index (χ3v) is 4.90. The molecule has 3 rings (SSSR count). The van der Waals surface area contributed by atoms with Gasteiger partial charge in [0.15, 0.2) is 0 Å². The number of carbonyl (C=O) groups is 1. The van der Waals surface area contributed by atoms with E-state index in [1.54, 1.807) is 6.20 Å². The van der Waals surface area contributed by atoms with Crippen LogP contribution in [0.1, 0.15) is 44.1 Å². The molecule has 0 spiro atoms. The van der Waals surface area contributed by atoms with Gasteiger partial charge in [0, 0.05) is 25.0 Å². The lowest BCUT2D eigenvalue weighted by Crippen LogP contribution is -2.55. The minimum absolute atomic E-state index is 0.0123. The van der Waals surface area contributed by atoms with Crippen molar-refractivity contribution in [3.05, 3.63) is 30.1 Å². The molecule has 4 nitrogen and oxygen atoms in total. The number of hydrogen-bond donors (Lipinski definition) is 2. The molecule has 4 heteroatoms. The summed E-state index contributed by atoms with van der Waals surface area (Å²) in [4.78, 5) is 16.4. The molecule has 1 saturated heterocycles. The highest BCUT2D eigenvalue weighted by Gasteiger charge is 2.34. The van der Waals surface area contributed by atoms with E-state index in [1.807, 2.05) is 18.3 Å². The molecule has 1 aliphatic heterocycles. The molecule has 21 heavy (non-hydrogen) atoms. The van der Waals surface area contributed by atoms with E-state index in [9.17, 15) is 4.79 Å². The second kappa shape index (κ2) is 7.03. The zero-order valence-electron chi connectivity index (χ0n) is 12.6. The molecule has 3 unspecified atom stereocenters. The number of amides is 1. The van der Waals surface area contributed by atoms with Gasteiger partial charge in [0.2, 0.25) is 5.91 Å². The first-order valence-corrected chi connectivity index (χ1v) is 8.25. The Morgan fingerprint density at radius 3 is 3.05 bits per heavy atom. The summed E-state index contributed by atoms with van der Waals surface area (Å²) in [5.41, 5.74) is 1.17. The van der Waals surface area contributed by atoms with Crippen molar-refractivity contribution in [3.63, 3.8) is 0 Å². The standard InChI is InChI=1S/C17H25N3O/c21-17(19-11-9-13-4-3-10-18-12-13)16-8-7-14-5-1-2-6-15(14)20-16/h3-4,10,12,14-16,20H,1-2,5-9,11H2,(H,19,21). The zero-order valence-corrected chi connectivity index (χ0v) is 12.6. The minimum atomic E-state index is 0.0123. The number of rotatable bonds is 4. The molecule has 0 aromatic carbocycles. The molecule has 3 atom stereocenters. The average molecular weight is 287 g/mol. The Morgan fingerprint density at radius 1 is 1.29 bits per heavy atom. The first-order valence-electron chi connectivity index (χ1n) is 8.25. The molecule has 0 bridgehead atoms. The van der Waals surface area contributed by atoms with Crippen molar-refractivity contribution in [3.8, 4) is 0 Å². The Labute approximate surface area is 126 Å². The zero-order chi connectivity index (χ0) is 14.5. The lowest BCUT2D eigenvalue weighted by molar-refractivity contribution is -0.124. The van der Waals surface area contributed by atoms with Crippen molar-refractivity contribution >= 4 is 5.91 Å². The second-order valence-electron chi connectivity index (χ2n) is 6.35. The molecule has 2 fully saturated rings. The van der Waals surface area contributed by atoms with Crippen molar-refractivity contribution in [1.82, 2.24) is 15.6 Å². The molecule has 1 aromatic rings. The summed E-state index contributed by atoms with van der Waals surface area (Å²) in [5.74, 6) is 0.973. The quantitative estimate of drug-likeness (QED) is 0.891. The van der Waals surface area contributed by atoms with Crippen molar-refractivity contribution < 1.29 is 4.79 Å². The lowest BCUT2D eigenvalue weighted by Gasteiger charge is -2.39. The van der Waals surface area contributed by atoms with Crippen LogP contribution in [0, 0.1) is 5.92 Å². The van der Waals surface area contributed by atoms with Crippen LogP contribution in [-0.2, 0) is 11.2 Å². The average Bonchev–Trinajstić information content (AvgIpc) is 2.55. The van der Waals surface area contributed by atoms with Crippen molar-refractivity contribution in [2.24, 2.45) is 5.92 Å². The first kappa shape index (κ1) is 14.5. The summed E-state index contributed by atoms with van der Waals surface area (Å²) < 4.78 is 0. The molecular formula is C17H25N3O. The second-order valence-corrected chi connectivity index (χ2v) is 6.35. The molecule has 2 aliphatic rings. The fourth-order valence-electron chi connectivity index (χ4n) is 3.70. The van der Waals surface area contributed by atoms with Gasteiger partial charge in [-0.25, -0.2) is 0 Å². The largest absolute Gasteiger partial charge is 0.354 e. The van der Waals surface area contributed by atoms with Crippen LogP contribution in [0.5, 0.6) is 0 Å². The normalized spacial score (nSPS) is 28.7. The highest BCUT2D eigenvalue weighted by atomic mass is 16.2. The number of pyridine rings is 1. The fourth-order valence-corrected chi connectivity index (χ4v) is 3.70. The Hall–Kier alpha value is -1.42. The van der Waals surface area contributed by atoms with Gasteiger partial charge in [0.05, 0.1) is 6.04 Å². The number of aromatic nitrogens is 1. The van der Waals surface area contributed by atoms with E-state index in [1.165, 1.54) is 37.7 Å². The third-order valence-electron chi connectivity index (χ3n) is 4.90. The van der Waals surface area contributed by atoms with Gasteiger partial charge in [-0.1, -0.05) is 18.9 Å². The maximum Gasteiger partial charge on any atom is 0.237 e. The molecule has 2 N–H and O–H groups in total. The summed E-state index contributed by atoms with van der Waals surface area (Å²) in [6.07, 6.45) is 11.9. The predicted octanol–water partition coefficient (Wildman–Crippen LogP) is 2.05. The number of nitrogens with zero attached hydrogens (tertiary/aromatic N) is 1. The van der Waals surface area contributed by atoms with E-state index >= 15 is 0 Å². The van der Waals surface area contributed by atoms with Crippen LogP contribution in [0.25, 0.3) is 0 Å². The Balaban J connectivity index is 1.43. The number of carbonyl (C=O) groups excluding carboxylic acids is 1. The summed E-state index contributed by atoms with van der Waals surface area (Å²) in [6.45, 7) is 0.691. The lowest BCUT2D eigenvalue weighted by atomic mass is 9.77. The Bertz CT molecular complexity index is 462. The summed E-state index contributed by atoms with van der Waals surface area (Å²) >= 11 is 0. The van der Waals surface area contributed by atoms with Crippen molar-refractivity contribution in [2.75, 3.05) is 6.54 Å². The molecule has 114 valence electrons. The Morgan fingerprint density at radius 2 is 2.19 bits per heavy atom. The molecule has 0 radical (unpaired) electrons. The first-order chi connectivity index (χ1) is 10.3. The molecule has 1 aromatic heterocycles. The predicted molar refractivity (Wildman–Crippen MR) is 82.9 cm³/mol. The summed E-state index contributed by atoms with van der Waals surface area (Å²) in [5, 5.41) is 6.65. The number of piperidine rings is 1. The van der Waals surface area contributed by atoms with E-state index in [-0.39, 0.29) is 11.9 Å². The van der Waals surface area contributed by atoms with Gasteiger partial charge in [0.25, 0.3) is 0 Å². The van der Waals surface area contributed by atoms with Crippen LogP contribution < -0.4 is 10.6 Å². The van der Waals surface area contributed by atoms with Crippen LogP contribution in [-0.4, -0.2) is 29.5 Å². The highest BCUT2D eigenvalue weighted by molar-refractivity contribution is 5.81. The van der Waals surface area contributed by atoms with Gasteiger partial charge in [-0.3, -0.25) is 9.78 Å². The molecule has 1 aliphatic carbocycles. The highest BCUT2D eigenvalue weighted by Crippen LogP contribution is 2.32. The van der Waals surface area contributed by atoms with E-state index in [4.69, 9.17) is 0 Å². The van der Waals surface area contributed by atoms with Crippen LogP contribution in [0.2, 0.25) is 0 Å². The van der Waals surface area contributed by atoms with Crippen LogP contribution in [0.3, 0.4) is 0 Å². The number of fused-ring (bicyclic) bond motifs is 1. The van der Waals surface area contributed by atoms with Crippen molar-refractivity contribution in [1.29, 1.82) is 0 Å². The topological polar surface area (TPSA) is 54.0 Å². The van der Waals surface area contributed by atoms with Gasteiger partial charge in [0.1, 0.15) is 0 Å². The van der Waals surface area contributed by atoms with E-state index in [0.717, 1.165) is 18.8 Å². The van der Waals surface area contributed by atoms with E-state index in [2.05, 4.69) is 15.6 Å². The molecular weight excluding hydrogens is 262 g/mol. The number of nitrogens with one attached hydrogen (secondary N) is 2. The van der Waals surface area contributed by atoms with E-state index in [0.29, 0.717) is 12.6 Å². The molecule has 2 heterocycles. The van der Waals surface area contributed by atoms with Gasteiger partial charge < -0.3 is 10.6 Å². The minimum Gasteiger partial charge on any atom is -0.354 e.